The molecule has 3 rings (SSSR count). The molecule has 0 saturated heterocycles. The van der Waals surface area contributed by atoms with Crippen molar-refractivity contribution in [3.05, 3.63) is 58.9 Å². The molecule has 0 spiro atoms. The van der Waals surface area contributed by atoms with Gasteiger partial charge in [-0.2, -0.15) is 0 Å². The second kappa shape index (κ2) is 7.88. The van der Waals surface area contributed by atoms with Crippen LogP contribution in [0.5, 0.6) is 0 Å². The highest BCUT2D eigenvalue weighted by atomic mass is 35.5. The minimum Gasteiger partial charge on any atom is -0.325 e. The minimum atomic E-state index is -0.531. The zero-order chi connectivity index (χ0) is 18.7. The average molecular weight is 391 g/mol. The summed E-state index contributed by atoms with van der Waals surface area (Å²) in [6, 6.07) is 11.9. The van der Waals surface area contributed by atoms with Crippen LogP contribution in [0.1, 0.15) is 12.5 Å². The highest BCUT2D eigenvalue weighted by Crippen LogP contribution is 2.25. The van der Waals surface area contributed by atoms with Crippen LogP contribution in [-0.2, 0) is 4.79 Å². The highest BCUT2D eigenvalue weighted by Gasteiger charge is 2.18. The van der Waals surface area contributed by atoms with Crippen molar-refractivity contribution in [2.24, 2.45) is 0 Å². The van der Waals surface area contributed by atoms with E-state index < -0.39 is 11.1 Å². The van der Waals surface area contributed by atoms with E-state index in [1.807, 2.05) is 31.2 Å². The Morgan fingerprint density at radius 3 is 2.69 bits per heavy atom. The van der Waals surface area contributed by atoms with Crippen LogP contribution in [-0.4, -0.2) is 26.3 Å². The molecule has 134 valence electrons. The molecule has 0 unspecified atom stereocenters. The van der Waals surface area contributed by atoms with E-state index in [0.717, 1.165) is 11.1 Å². The van der Waals surface area contributed by atoms with Crippen molar-refractivity contribution < 1.29 is 9.18 Å². The van der Waals surface area contributed by atoms with E-state index in [1.54, 1.807) is 6.92 Å². The standard InChI is InChI=1S/C18H16ClFN4OS/c1-10-3-5-12(6-4-10)16-22-18(24-23-16)26-11(2)17(25)21-13-7-8-15(20)14(19)9-13/h3-9,11H,1-2H3,(H,21,25)(H,22,23,24)/t11-/m1/s1. The Labute approximate surface area is 159 Å². The maximum atomic E-state index is 13.2. The molecular weight excluding hydrogens is 375 g/mol. The van der Waals surface area contributed by atoms with Gasteiger partial charge >= 0.3 is 0 Å². The lowest BCUT2D eigenvalue weighted by Gasteiger charge is -2.10. The SMILES string of the molecule is Cc1ccc(-c2nc(S[C@H](C)C(=O)Nc3ccc(F)c(Cl)c3)n[nH]2)cc1. The number of nitrogens with zero attached hydrogens (tertiary/aromatic N) is 2. The number of aryl methyl sites for hydroxylation is 1. The minimum absolute atomic E-state index is 0.0418. The third kappa shape index (κ3) is 4.42. The summed E-state index contributed by atoms with van der Waals surface area (Å²) >= 11 is 6.95. The zero-order valence-electron chi connectivity index (χ0n) is 14.1. The molecule has 0 bridgehead atoms. The molecular formula is C18H16ClFN4OS. The van der Waals surface area contributed by atoms with Crippen LogP contribution in [0.3, 0.4) is 0 Å². The molecule has 2 N–H and O–H groups in total. The van der Waals surface area contributed by atoms with E-state index in [-0.39, 0.29) is 10.9 Å². The van der Waals surface area contributed by atoms with Crippen LogP contribution in [0, 0.1) is 12.7 Å². The first-order valence-corrected chi connectivity index (χ1v) is 9.10. The van der Waals surface area contributed by atoms with Gasteiger partial charge in [-0.25, -0.2) is 9.37 Å². The maximum Gasteiger partial charge on any atom is 0.237 e. The summed E-state index contributed by atoms with van der Waals surface area (Å²) in [5.41, 5.74) is 2.52. The van der Waals surface area contributed by atoms with Crippen LogP contribution in [0.2, 0.25) is 5.02 Å². The van der Waals surface area contributed by atoms with Gasteiger partial charge in [-0.3, -0.25) is 9.89 Å². The topological polar surface area (TPSA) is 70.7 Å². The third-order valence-electron chi connectivity index (χ3n) is 3.63. The lowest BCUT2D eigenvalue weighted by Crippen LogP contribution is -2.22. The van der Waals surface area contributed by atoms with Gasteiger partial charge in [0.2, 0.25) is 11.1 Å². The molecule has 5 nitrogen and oxygen atoms in total. The second-order valence-corrected chi connectivity index (χ2v) is 7.43. The van der Waals surface area contributed by atoms with Crippen LogP contribution in [0.4, 0.5) is 10.1 Å². The molecule has 0 aliphatic carbocycles. The molecule has 8 heteroatoms. The number of rotatable bonds is 5. The molecule has 1 amide bonds. The Kier molecular flexibility index (Phi) is 5.58. The van der Waals surface area contributed by atoms with E-state index in [2.05, 4.69) is 20.5 Å². The van der Waals surface area contributed by atoms with Crippen LogP contribution in [0.25, 0.3) is 11.4 Å². The van der Waals surface area contributed by atoms with Crippen molar-refractivity contribution >= 4 is 35.0 Å². The molecule has 26 heavy (non-hydrogen) atoms. The number of anilines is 1. The molecule has 0 fully saturated rings. The fourth-order valence-electron chi connectivity index (χ4n) is 2.17. The average Bonchev–Trinajstić information content (AvgIpc) is 3.07. The lowest BCUT2D eigenvalue weighted by atomic mass is 10.1. The number of hydrogen-bond acceptors (Lipinski definition) is 4. The molecule has 0 saturated carbocycles. The van der Waals surface area contributed by atoms with Crippen molar-refractivity contribution in [3.8, 4) is 11.4 Å². The largest absolute Gasteiger partial charge is 0.325 e. The van der Waals surface area contributed by atoms with Crippen molar-refractivity contribution in [1.82, 2.24) is 15.2 Å². The Bertz CT molecular complexity index is 929. The number of carbonyl (C=O) groups is 1. The summed E-state index contributed by atoms with van der Waals surface area (Å²) in [6.45, 7) is 3.76. The summed E-state index contributed by atoms with van der Waals surface area (Å²) < 4.78 is 13.2. The summed E-state index contributed by atoms with van der Waals surface area (Å²) in [6.07, 6.45) is 0. The summed E-state index contributed by atoms with van der Waals surface area (Å²) in [4.78, 5) is 16.7. The number of amides is 1. The van der Waals surface area contributed by atoms with Crippen LogP contribution < -0.4 is 5.32 Å². The predicted octanol–water partition coefficient (Wildman–Crippen LogP) is 4.69. The molecule has 0 aliphatic heterocycles. The van der Waals surface area contributed by atoms with Crippen molar-refractivity contribution in [2.75, 3.05) is 5.32 Å². The first-order chi connectivity index (χ1) is 12.4. The third-order valence-corrected chi connectivity index (χ3v) is 4.88. The molecule has 2 aromatic carbocycles. The van der Waals surface area contributed by atoms with Gasteiger partial charge in [0.05, 0.1) is 10.3 Å². The zero-order valence-corrected chi connectivity index (χ0v) is 15.7. The van der Waals surface area contributed by atoms with Gasteiger partial charge < -0.3 is 5.32 Å². The van der Waals surface area contributed by atoms with Crippen LogP contribution in [0.15, 0.2) is 47.6 Å². The molecule has 3 aromatic rings. The Hall–Kier alpha value is -2.38. The number of carbonyl (C=O) groups excluding carboxylic acids is 1. The van der Waals surface area contributed by atoms with Gasteiger partial charge in [-0.05, 0) is 32.0 Å². The fourth-order valence-corrected chi connectivity index (χ4v) is 3.07. The number of hydrogen-bond donors (Lipinski definition) is 2. The van der Waals surface area contributed by atoms with Gasteiger partial charge in [-0.15, -0.1) is 5.10 Å². The monoisotopic (exact) mass is 390 g/mol. The molecule has 1 aromatic heterocycles. The predicted molar refractivity (Wildman–Crippen MR) is 102 cm³/mol. The Morgan fingerprint density at radius 2 is 2.00 bits per heavy atom. The van der Waals surface area contributed by atoms with E-state index in [9.17, 15) is 9.18 Å². The second-order valence-electron chi connectivity index (χ2n) is 5.71. The molecule has 1 heterocycles. The van der Waals surface area contributed by atoms with E-state index in [0.29, 0.717) is 16.7 Å². The lowest BCUT2D eigenvalue weighted by molar-refractivity contribution is -0.115. The van der Waals surface area contributed by atoms with E-state index in [1.165, 1.54) is 30.0 Å². The van der Waals surface area contributed by atoms with E-state index in [4.69, 9.17) is 11.6 Å². The Balaban J connectivity index is 1.64. The van der Waals surface area contributed by atoms with Gasteiger partial charge in [0.25, 0.3) is 0 Å². The summed E-state index contributed by atoms with van der Waals surface area (Å²) in [5.74, 6) is -0.138. The van der Waals surface area contributed by atoms with Gasteiger partial charge in [0, 0.05) is 11.3 Å². The van der Waals surface area contributed by atoms with Gasteiger partial charge in [0.1, 0.15) is 5.82 Å². The summed E-state index contributed by atoms with van der Waals surface area (Å²) in [7, 11) is 0. The molecule has 0 aliphatic rings. The van der Waals surface area contributed by atoms with Gasteiger partial charge in [0.15, 0.2) is 5.82 Å². The summed E-state index contributed by atoms with van der Waals surface area (Å²) in [5, 5.41) is 9.71. The van der Waals surface area contributed by atoms with Crippen molar-refractivity contribution in [2.45, 2.75) is 24.3 Å². The van der Waals surface area contributed by atoms with E-state index >= 15 is 0 Å². The number of aromatic amines is 1. The van der Waals surface area contributed by atoms with Crippen molar-refractivity contribution in [1.29, 1.82) is 0 Å². The molecule has 1 atom stereocenters. The quantitative estimate of drug-likeness (QED) is 0.620. The number of thioether (sulfide) groups is 1. The highest BCUT2D eigenvalue weighted by molar-refractivity contribution is 8.00. The number of aromatic nitrogens is 3. The molecule has 0 radical (unpaired) electrons. The van der Waals surface area contributed by atoms with Crippen LogP contribution >= 0.6 is 23.4 Å². The number of benzene rings is 2. The number of nitrogens with one attached hydrogen (secondary N) is 2. The first-order valence-electron chi connectivity index (χ1n) is 7.84. The fraction of sp³-hybridized carbons (Fsp3) is 0.167. The maximum absolute atomic E-state index is 13.2. The van der Waals surface area contributed by atoms with Gasteiger partial charge in [-0.1, -0.05) is 53.2 Å². The Morgan fingerprint density at radius 1 is 1.27 bits per heavy atom. The first kappa shape index (κ1) is 18.4. The van der Waals surface area contributed by atoms with Crippen molar-refractivity contribution in [3.63, 3.8) is 0 Å². The smallest absolute Gasteiger partial charge is 0.237 e. The normalized spacial score (nSPS) is 12.0. The number of halogens is 2. The number of H-pyrrole nitrogens is 1.